The largest absolute Gasteiger partial charge is 0.497 e. The lowest BCUT2D eigenvalue weighted by Gasteiger charge is -2.08. The number of carbonyl (C=O) groups excluding carboxylic acids is 1. The van der Waals surface area contributed by atoms with Crippen molar-refractivity contribution in [3.63, 3.8) is 0 Å². The summed E-state index contributed by atoms with van der Waals surface area (Å²) < 4.78 is 10.4. The van der Waals surface area contributed by atoms with E-state index in [1.54, 1.807) is 7.11 Å². The number of amides is 1. The van der Waals surface area contributed by atoms with Gasteiger partial charge in [-0.2, -0.15) is 4.98 Å². The van der Waals surface area contributed by atoms with Crippen molar-refractivity contribution < 1.29 is 14.1 Å². The average Bonchev–Trinajstić information content (AvgIpc) is 3.12. The lowest BCUT2D eigenvalue weighted by Crippen LogP contribution is -2.13. The van der Waals surface area contributed by atoms with E-state index < -0.39 is 0 Å². The Labute approximate surface area is 152 Å². The molecule has 26 heavy (non-hydrogen) atoms. The first-order chi connectivity index (χ1) is 12.5. The van der Waals surface area contributed by atoms with Crippen LogP contribution in [0.4, 0.5) is 5.69 Å². The van der Waals surface area contributed by atoms with Gasteiger partial charge in [-0.25, -0.2) is 0 Å². The molecule has 0 atom stereocenters. The van der Waals surface area contributed by atoms with E-state index in [2.05, 4.69) is 15.5 Å². The number of aromatic nitrogens is 2. The Hall–Kier alpha value is -3.15. The van der Waals surface area contributed by atoms with Crippen LogP contribution in [0.1, 0.15) is 23.4 Å². The molecule has 6 nitrogen and oxygen atoms in total. The highest BCUT2D eigenvalue weighted by atomic mass is 16.5. The number of nitrogens with one attached hydrogen (secondary N) is 1. The van der Waals surface area contributed by atoms with E-state index in [9.17, 15) is 4.79 Å². The van der Waals surface area contributed by atoms with Crippen molar-refractivity contribution in [2.24, 2.45) is 0 Å². The van der Waals surface area contributed by atoms with Crippen molar-refractivity contribution in [2.45, 2.75) is 26.7 Å². The summed E-state index contributed by atoms with van der Waals surface area (Å²) in [6.07, 6.45) is 0.664. The number of benzene rings is 2. The molecular weight excluding hydrogens is 330 g/mol. The summed E-state index contributed by atoms with van der Waals surface area (Å²) in [5.41, 5.74) is 3.80. The molecule has 0 aliphatic heterocycles. The Morgan fingerprint density at radius 3 is 2.65 bits per heavy atom. The average molecular weight is 351 g/mol. The Bertz CT molecular complexity index is 901. The number of hydrogen-bond acceptors (Lipinski definition) is 5. The smallest absolute Gasteiger partial charge is 0.227 e. The second-order valence-electron chi connectivity index (χ2n) is 6.11. The second kappa shape index (κ2) is 7.82. The summed E-state index contributed by atoms with van der Waals surface area (Å²) in [7, 11) is 1.62. The molecule has 0 radical (unpaired) electrons. The molecule has 0 spiro atoms. The number of carbonyl (C=O) groups is 1. The van der Waals surface area contributed by atoms with E-state index in [4.69, 9.17) is 9.26 Å². The predicted octanol–water partition coefficient (Wildman–Crippen LogP) is 3.93. The molecule has 0 saturated carbocycles. The van der Waals surface area contributed by atoms with Crippen LogP contribution >= 0.6 is 0 Å². The van der Waals surface area contributed by atoms with Crippen molar-refractivity contribution in [3.05, 3.63) is 59.5 Å². The summed E-state index contributed by atoms with van der Waals surface area (Å²) in [5, 5.41) is 6.90. The lowest BCUT2D eigenvalue weighted by atomic mass is 10.1. The van der Waals surface area contributed by atoms with E-state index in [0.29, 0.717) is 18.1 Å². The summed E-state index contributed by atoms with van der Waals surface area (Å²) in [4.78, 5) is 16.5. The van der Waals surface area contributed by atoms with Gasteiger partial charge in [0.2, 0.25) is 17.6 Å². The first kappa shape index (κ1) is 17.7. The van der Waals surface area contributed by atoms with Crippen molar-refractivity contribution in [2.75, 3.05) is 12.4 Å². The Kier molecular flexibility index (Phi) is 5.31. The molecule has 0 unspecified atom stereocenters. The van der Waals surface area contributed by atoms with E-state index in [1.165, 1.54) is 0 Å². The highest BCUT2D eigenvalue weighted by Crippen LogP contribution is 2.20. The summed E-state index contributed by atoms with van der Waals surface area (Å²) in [6, 6.07) is 13.4. The monoisotopic (exact) mass is 351 g/mol. The topological polar surface area (TPSA) is 77.2 Å². The fourth-order valence-electron chi connectivity index (χ4n) is 2.52. The quantitative estimate of drug-likeness (QED) is 0.728. The van der Waals surface area contributed by atoms with Gasteiger partial charge in [-0.15, -0.1) is 0 Å². The Morgan fingerprint density at radius 2 is 1.92 bits per heavy atom. The minimum absolute atomic E-state index is 0.0807. The molecule has 0 aliphatic carbocycles. The van der Waals surface area contributed by atoms with E-state index in [1.807, 2.05) is 56.3 Å². The maximum Gasteiger partial charge on any atom is 0.227 e. The van der Waals surface area contributed by atoms with Crippen LogP contribution < -0.4 is 10.1 Å². The van der Waals surface area contributed by atoms with Crippen molar-refractivity contribution in [1.29, 1.82) is 0 Å². The number of methoxy groups -OCH3 is 1. The van der Waals surface area contributed by atoms with Crippen LogP contribution in [0.5, 0.6) is 5.75 Å². The number of nitrogens with zero attached hydrogens (tertiary/aromatic N) is 2. The van der Waals surface area contributed by atoms with Crippen LogP contribution in [0.2, 0.25) is 0 Å². The molecule has 0 saturated heterocycles. The molecule has 1 amide bonds. The number of anilines is 1. The normalized spacial score (nSPS) is 10.6. The molecule has 1 heterocycles. The van der Waals surface area contributed by atoms with Gasteiger partial charge < -0.3 is 14.6 Å². The number of rotatable bonds is 6. The zero-order chi connectivity index (χ0) is 18.5. The number of hydrogen-bond donors (Lipinski definition) is 1. The lowest BCUT2D eigenvalue weighted by molar-refractivity contribution is -0.116. The highest BCUT2D eigenvalue weighted by molar-refractivity contribution is 5.91. The van der Waals surface area contributed by atoms with Gasteiger partial charge in [-0.3, -0.25) is 4.79 Å². The Balaban J connectivity index is 1.58. The van der Waals surface area contributed by atoms with E-state index in [0.717, 1.165) is 28.1 Å². The van der Waals surface area contributed by atoms with Crippen LogP contribution in [-0.4, -0.2) is 23.2 Å². The summed E-state index contributed by atoms with van der Waals surface area (Å²) in [6.45, 7) is 3.96. The Morgan fingerprint density at radius 1 is 1.15 bits per heavy atom. The first-order valence-corrected chi connectivity index (χ1v) is 8.39. The molecule has 3 rings (SSSR count). The van der Waals surface area contributed by atoms with Gasteiger partial charge in [-0.05, 0) is 55.3 Å². The number of aryl methyl sites for hydroxylation is 3. The van der Waals surface area contributed by atoms with Gasteiger partial charge in [0.05, 0.1) is 7.11 Å². The van der Waals surface area contributed by atoms with Crippen LogP contribution in [0.3, 0.4) is 0 Å². The minimum atomic E-state index is -0.0807. The third-order valence-corrected chi connectivity index (χ3v) is 4.05. The molecule has 2 aromatic carbocycles. The van der Waals surface area contributed by atoms with Crippen molar-refractivity contribution in [3.8, 4) is 17.1 Å². The first-order valence-electron chi connectivity index (χ1n) is 8.39. The standard InChI is InChI=1S/C20H21N3O3/c1-13-4-5-14(2)17(12-13)21-18(24)10-11-19-22-20(23-26-19)15-6-8-16(25-3)9-7-15/h4-9,12H,10-11H2,1-3H3,(H,21,24). The second-order valence-corrected chi connectivity index (χ2v) is 6.11. The van der Waals surface area contributed by atoms with Gasteiger partial charge in [-0.1, -0.05) is 17.3 Å². The zero-order valence-electron chi connectivity index (χ0n) is 15.1. The number of ether oxygens (including phenoxy) is 1. The zero-order valence-corrected chi connectivity index (χ0v) is 15.1. The van der Waals surface area contributed by atoms with Crippen LogP contribution in [0.25, 0.3) is 11.4 Å². The van der Waals surface area contributed by atoms with E-state index in [-0.39, 0.29) is 12.3 Å². The van der Waals surface area contributed by atoms with Crippen LogP contribution in [0.15, 0.2) is 47.0 Å². The van der Waals surface area contributed by atoms with E-state index >= 15 is 0 Å². The molecule has 0 aliphatic rings. The molecule has 1 N–H and O–H groups in total. The predicted molar refractivity (Wildman–Crippen MR) is 99.2 cm³/mol. The maximum absolute atomic E-state index is 12.2. The minimum Gasteiger partial charge on any atom is -0.497 e. The summed E-state index contributed by atoms with van der Waals surface area (Å²) in [5.74, 6) is 1.62. The van der Waals surface area contributed by atoms with Gasteiger partial charge in [0.25, 0.3) is 0 Å². The third-order valence-electron chi connectivity index (χ3n) is 4.05. The molecule has 0 fully saturated rings. The van der Waals surface area contributed by atoms with Crippen molar-refractivity contribution in [1.82, 2.24) is 10.1 Å². The van der Waals surface area contributed by atoms with Gasteiger partial charge in [0.1, 0.15) is 5.75 Å². The van der Waals surface area contributed by atoms with Crippen LogP contribution in [-0.2, 0) is 11.2 Å². The molecule has 1 aromatic heterocycles. The molecule has 134 valence electrons. The molecular formula is C20H21N3O3. The molecule has 6 heteroatoms. The molecule has 3 aromatic rings. The van der Waals surface area contributed by atoms with Crippen molar-refractivity contribution >= 4 is 11.6 Å². The SMILES string of the molecule is COc1ccc(-c2noc(CCC(=O)Nc3cc(C)ccc3C)n2)cc1. The van der Waals surface area contributed by atoms with Gasteiger partial charge in [0.15, 0.2) is 0 Å². The van der Waals surface area contributed by atoms with Gasteiger partial charge >= 0.3 is 0 Å². The third kappa shape index (κ3) is 4.27. The van der Waals surface area contributed by atoms with Crippen LogP contribution in [0, 0.1) is 13.8 Å². The fourth-order valence-corrected chi connectivity index (χ4v) is 2.52. The maximum atomic E-state index is 12.2. The summed E-state index contributed by atoms with van der Waals surface area (Å²) >= 11 is 0. The highest BCUT2D eigenvalue weighted by Gasteiger charge is 2.11. The molecule has 0 bridgehead atoms. The fraction of sp³-hybridized carbons (Fsp3) is 0.250. The van der Waals surface area contributed by atoms with Gasteiger partial charge in [0, 0.05) is 24.1 Å².